The second-order valence-corrected chi connectivity index (χ2v) is 9.60. The summed E-state index contributed by atoms with van der Waals surface area (Å²) in [6, 6.07) is 13.7. The van der Waals surface area contributed by atoms with Crippen LogP contribution >= 0.6 is 0 Å². The molecule has 0 aliphatic heterocycles. The molecule has 0 spiro atoms. The van der Waals surface area contributed by atoms with Crippen molar-refractivity contribution in [3.63, 3.8) is 0 Å². The zero-order valence-corrected chi connectivity index (χ0v) is 19.4. The van der Waals surface area contributed by atoms with Crippen molar-refractivity contribution < 1.29 is 26.4 Å². The van der Waals surface area contributed by atoms with E-state index in [1.807, 2.05) is 19.0 Å². The van der Waals surface area contributed by atoms with E-state index in [0.29, 0.717) is 24.2 Å². The lowest BCUT2D eigenvalue weighted by Gasteiger charge is -2.25. The molecule has 0 radical (unpaired) electrons. The van der Waals surface area contributed by atoms with Gasteiger partial charge in [0.05, 0.1) is 4.90 Å². The van der Waals surface area contributed by atoms with E-state index in [1.54, 1.807) is 0 Å². The molecular weight excluding hydrogens is 467 g/mol. The van der Waals surface area contributed by atoms with Gasteiger partial charge in [0.15, 0.2) is 11.6 Å². The highest BCUT2D eigenvalue weighted by atomic mass is 32.2. The lowest BCUT2D eigenvalue weighted by molar-refractivity contribution is 0.0731. The average molecular weight is 492 g/mol. The first-order valence-corrected chi connectivity index (χ1v) is 11.8. The Bertz CT molecular complexity index is 1250. The van der Waals surface area contributed by atoms with Gasteiger partial charge in [0.1, 0.15) is 5.82 Å². The number of sulfonamides is 1. The predicted octanol–water partition coefficient (Wildman–Crippen LogP) is 4.11. The summed E-state index contributed by atoms with van der Waals surface area (Å²) in [4.78, 5) is 16.4. The monoisotopic (exact) mass is 491 g/mol. The molecule has 0 bridgehead atoms. The molecule has 0 aliphatic carbocycles. The molecule has 0 saturated carbocycles. The Morgan fingerprint density at radius 3 is 2.09 bits per heavy atom. The number of nitrogens with zero attached hydrogens (tertiary/aromatic N) is 2. The van der Waals surface area contributed by atoms with Crippen LogP contribution in [0.3, 0.4) is 0 Å². The zero-order chi connectivity index (χ0) is 24.9. The van der Waals surface area contributed by atoms with Crippen LogP contribution in [0.4, 0.5) is 18.9 Å². The molecule has 0 saturated heterocycles. The van der Waals surface area contributed by atoms with Crippen molar-refractivity contribution >= 4 is 21.6 Å². The molecule has 3 rings (SSSR count). The lowest BCUT2D eigenvalue weighted by atomic mass is 10.1. The molecule has 0 aliphatic rings. The van der Waals surface area contributed by atoms with Crippen molar-refractivity contribution in [1.29, 1.82) is 0 Å². The van der Waals surface area contributed by atoms with Gasteiger partial charge in [-0.2, -0.15) is 0 Å². The first-order chi connectivity index (χ1) is 16.0. The maximum absolute atomic E-state index is 13.6. The fraction of sp³-hybridized carbons (Fsp3) is 0.208. The predicted molar refractivity (Wildman–Crippen MR) is 123 cm³/mol. The second-order valence-electron chi connectivity index (χ2n) is 7.92. The highest BCUT2D eigenvalue weighted by Gasteiger charge is 2.19. The van der Waals surface area contributed by atoms with Gasteiger partial charge in [0, 0.05) is 30.9 Å². The number of hydrogen-bond donors (Lipinski definition) is 1. The van der Waals surface area contributed by atoms with E-state index >= 15 is 0 Å². The van der Waals surface area contributed by atoms with E-state index in [4.69, 9.17) is 0 Å². The number of anilines is 1. The second kappa shape index (κ2) is 10.7. The number of nitrogens with one attached hydrogen (secondary N) is 1. The quantitative estimate of drug-likeness (QED) is 0.489. The van der Waals surface area contributed by atoms with E-state index in [-0.39, 0.29) is 23.0 Å². The Hall–Kier alpha value is -3.37. The average Bonchev–Trinajstić information content (AvgIpc) is 2.79. The molecule has 6 nitrogen and oxygen atoms in total. The number of carbonyl (C=O) groups excluding carboxylic acids is 1. The molecule has 0 atom stereocenters. The minimum absolute atomic E-state index is 0.0722. The molecule has 10 heteroatoms. The van der Waals surface area contributed by atoms with Crippen LogP contribution in [0.25, 0.3) is 0 Å². The van der Waals surface area contributed by atoms with Crippen molar-refractivity contribution in [2.75, 3.05) is 31.9 Å². The Morgan fingerprint density at radius 1 is 0.853 bits per heavy atom. The summed E-state index contributed by atoms with van der Waals surface area (Å²) in [5, 5.41) is 0. The van der Waals surface area contributed by atoms with Crippen LogP contribution in [0.5, 0.6) is 0 Å². The first-order valence-electron chi connectivity index (χ1n) is 10.3. The molecule has 0 fully saturated rings. The van der Waals surface area contributed by atoms with Crippen LogP contribution in [0.1, 0.15) is 15.9 Å². The third-order valence-electron chi connectivity index (χ3n) is 4.97. The van der Waals surface area contributed by atoms with Crippen LogP contribution in [0.15, 0.2) is 71.6 Å². The van der Waals surface area contributed by atoms with E-state index < -0.39 is 27.5 Å². The summed E-state index contributed by atoms with van der Waals surface area (Å²) in [6.07, 6.45) is 0. The van der Waals surface area contributed by atoms with Gasteiger partial charge in [-0.3, -0.25) is 9.52 Å². The van der Waals surface area contributed by atoms with Gasteiger partial charge in [-0.1, -0.05) is 6.07 Å². The molecule has 3 aromatic rings. The van der Waals surface area contributed by atoms with Crippen molar-refractivity contribution in [2.45, 2.75) is 11.4 Å². The van der Waals surface area contributed by atoms with Crippen molar-refractivity contribution in [3.05, 3.63) is 95.3 Å². The van der Waals surface area contributed by atoms with Gasteiger partial charge in [-0.05, 0) is 80.3 Å². The molecule has 1 N–H and O–H groups in total. The fourth-order valence-electron chi connectivity index (χ4n) is 3.12. The number of amides is 1. The SMILES string of the molecule is CN(C)CCN(Cc1ccc(F)c(F)c1)C(=O)c1ccc(NS(=O)(=O)c2ccc(F)cc2)cc1. The summed E-state index contributed by atoms with van der Waals surface area (Å²) >= 11 is 0. The van der Waals surface area contributed by atoms with E-state index in [1.165, 1.54) is 35.2 Å². The summed E-state index contributed by atoms with van der Waals surface area (Å²) in [5.74, 6) is -2.85. The maximum atomic E-state index is 13.6. The fourth-order valence-corrected chi connectivity index (χ4v) is 4.18. The number of carbonyl (C=O) groups is 1. The number of hydrogen-bond acceptors (Lipinski definition) is 4. The lowest BCUT2D eigenvalue weighted by Crippen LogP contribution is -2.36. The van der Waals surface area contributed by atoms with Gasteiger partial charge in [0.25, 0.3) is 15.9 Å². The van der Waals surface area contributed by atoms with Crippen LogP contribution in [0.2, 0.25) is 0 Å². The van der Waals surface area contributed by atoms with E-state index in [9.17, 15) is 26.4 Å². The molecule has 1 amide bonds. The van der Waals surface area contributed by atoms with Crippen molar-refractivity contribution in [2.24, 2.45) is 0 Å². The first kappa shape index (κ1) is 25.3. The smallest absolute Gasteiger partial charge is 0.261 e. The minimum Gasteiger partial charge on any atom is -0.333 e. The number of rotatable bonds is 9. The Morgan fingerprint density at radius 2 is 1.50 bits per heavy atom. The number of likely N-dealkylation sites (N-methyl/N-ethyl adjacent to an activating group) is 1. The highest BCUT2D eigenvalue weighted by molar-refractivity contribution is 7.92. The van der Waals surface area contributed by atoms with Crippen molar-refractivity contribution in [3.8, 4) is 0 Å². The Balaban J connectivity index is 1.77. The largest absolute Gasteiger partial charge is 0.333 e. The van der Waals surface area contributed by atoms with Gasteiger partial charge >= 0.3 is 0 Å². The molecule has 0 heterocycles. The number of benzene rings is 3. The minimum atomic E-state index is -3.93. The Labute approximate surface area is 196 Å². The summed E-state index contributed by atoms with van der Waals surface area (Å²) < 4.78 is 67.3. The van der Waals surface area contributed by atoms with Gasteiger partial charge in [-0.15, -0.1) is 0 Å². The van der Waals surface area contributed by atoms with Crippen LogP contribution in [0, 0.1) is 17.5 Å². The zero-order valence-electron chi connectivity index (χ0n) is 18.6. The van der Waals surface area contributed by atoms with Gasteiger partial charge in [0.2, 0.25) is 0 Å². The van der Waals surface area contributed by atoms with E-state index in [2.05, 4.69) is 4.72 Å². The summed E-state index contributed by atoms with van der Waals surface area (Å²) in [7, 11) is -0.231. The van der Waals surface area contributed by atoms with E-state index in [0.717, 1.165) is 36.4 Å². The van der Waals surface area contributed by atoms with Gasteiger partial charge in [-0.25, -0.2) is 21.6 Å². The molecule has 180 valence electrons. The molecule has 34 heavy (non-hydrogen) atoms. The molecular formula is C24H24F3N3O3S. The number of halogens is 3. The highest BCUT2D eigenvalue weighted by Crippen LogP contribution is 2.19. The van der Waals surface area contributed by atoms with Crippen LogP contribution in [-0.4, -0.2) is 51.3 Å². The maximum Gasteiger partial charge on any atom is 0.261 e. The third kappa shape index (κ3) is 6.58. The van der Waals surface area contributed by atoms with Crippen LogP contribution < -0.4 is 4.72 Å². The molecule has 3 aromatic carbocycles. The standard InChI is InChI=1S/C24H24F3N3O3S/c1-29(2)13-14-30(16-17-3-12-22(26)23(27)15-17)24(31)18-4-8-20(9-5-18)28-34(32,33)21-10-6-19(25)7-11-21/h3-12,15,28H,13-14,16H2,1-2H3. The summed E-state index contributed by atoms with van der Waals surface area (Å²) in [5.41, 5.74) is 0.960. The topological polar surface area (TPSA) is 69.7 Å². The molecule has 0 unspecified atom stereocenters. The Kier molecular flexibility index (Phi) is 7.95. The summed E-state index contributed by atoms with van der Waals surface area (Å²) in [6.45, 7) is 0.956. The third-order valence-corrected chi connectivity index (χ3v) is 6.37. The van der Waals surface area contributed by atoms with Gasteiger partial charge < -0.3 is 9.80 Å². The van der Waals surface area contributed by atoms with Crippen LogP contribution in [-0.2, 0) is 16.6 Å². The normalized spacial score (nSPS) is 11.5. The molecule has 0 aromatic heterocycles. The van der Waals surface area contributed by atoms with Crippen molar-refractivity contribution in [1.82, 2.24) is 9.80 Å².